The number of fused-ring (bicyclic) bond motifs is 6. The van der Waals surface area contributed by atoms with E-state index in [1.807, 2.05) is 0 Å². The summed E-state index contributed by atoms with van der Waals surface area (Å²) in [6, 6.07) is 8.83. The van der Waals surface area contributed by atoms with E-state index in [0.717, 1.165) is 32.4 Å². The summed E-state index contributed by atoms with van der Waals surface area (Å²) in [4.78, 5) is 18.6. The molecular weight excluding hydrogens is 328 g/mol. The summed E-state index contributed by atoms with van der Waals surface area (Å²) in [7, 11) is 1.43. The topological polar surface area (TPSA) is 65.6 Å². The summed E-state index contributed by atoms with van der Waals surface area (Å²) in [6.07, 6.45) is 3.14. The molecule has 26 heavy (non-hydrogen) atoms. The highest BCUT2D eigenvalue weighted by atomic mass is 16.5. The highest BCUT2D eigenvalue weighted by Crippen LogP contribution is 2.49. The number of piperidine rings is 1. The molecule has 3 unspecified atom stereocenters. The number of hydrogen-bond donors (Lipinski definition) is 2. The van der Waals surface area contributed by atoms with Crippen LogP contribution in [0.2, 0.25) is 0 Å². The number of hydrogen-bond acceptors (Lipinski definition) is 4. The number of esters is 1. The Morgan fingerprint density at radius 2 is 2.15 bits per heavy atom. The number of benzene rings is 1. The van der Waals surface area contributed by atoms with Gasteiger partial charge in [-0.2, -0.15) is 0 Å². The van der Waals surface area contributed by atoms with Crippen molar-refractivity contribution >= 4 is 16.9 Å². The zero-order chi connectivity index (χ0) is 17.8. The minimum absolute atomic E-state index is 0.199. The highest BCUT2D eigenvalue weighted by molar-refractivity contribution is 5.85. The van der Waals surface area contributed by atoms with E-state index in [1.54, 1.807) is 0 Å². The SMILES string of the molecule is COC(=O)C1C(O)CC[C@H]2CN3CCc4c([nH]c5ccccc45)[C@@H]3CC12. The first-order chi connectivity index (χ1) is 12.7. The lowest BCUT2D eigenvalue weighted by Gasteiger charge is -2.50. The Morgan fingerprint density at radius 3 is 3.00 bits per heavy atom. The summed E-state index contributed by atoms with van der Waals surface area (Å²) >= 11 is 0. The number of rotatable bonds is 1. The van der Waals surface area contributed by atoms with Crippen LogP contribution in [-0.4, -0.2) is 47.3 Å². The second-order valence-electron chi connectivity index (χ2n) is 8.18. The molecule has 1 saturated heterocycles. The molecule has 138 valence electrons. The molecule has 0 bridgehead atoms. The van der Waals surface area contributed by atoms with Crippen molar-refractivity contribution in [2.24, 2.45) is 17.8 Å². The lowest BCUT2D eigenvalue weighted by atomic mass is 9.65. The van der Waals surface area contributed by atoms with E-state index >= 15 is 0 Å². The number of ether oxygens (including phenoxy) is 1. The van der Waals surface area contributed by atoms with E-state index in [-0.39, 0.29) is 17.8 Å². The Morgan fingerprint density at radius 1 is 1.31 bits per heavy atom. The Bertz CT molecular complexity index is 845. The van der Waals surface area contributed by atoms with Crippen LogP contribution in [0, 0.1) is 17.8 Å². The molecule has 0 spiro atoms. The third kappa shape index (κ3) is 2.33. The van der Waals surface area contributed by atoms with Gasteiger partial charge in [0.2, 0.25) is 0 Å². The molecule has 3 aliphatic rings. The van der Waals surface area contributed by atoms with Crippen LogP contribution in [0.4, 0.5) is 0 Å². The zero-order valence-electron chi connectivity index (χ0n) is 15.1. The first-order valence-corrected chi connectivity index (χ1v) is 9.76. The van der Waals surface area contributed by atoms with Gasteiger partial charge in [0.25, 0.3) is 0 Å². The maximum Gasteiger partial charge on any atom is 0.311 e. The van der Waals surface area contributed by atoms with Gasteiger partial charge in [0.05, 0.1) is 25.2 Å². The normalized spacial score (nSPS) is 34.0. The molecule has 2 fully saturated rings. The summed E-state index contributed by atoms with van der Waals surface area (Å²) in [6.45, 7) is 2.10. The Labute approximate surface area is 153 Å². The lowest BCUT2D eigenvalue weighted by molar-refractivity contribution is -0.160. The summed E-state index contributed by atoms with van der Waals surface area (Å²) in [5, 5.41) is 11.8. The molecule has 1 aromatic heterocycles. The van der Waals surface area contributed by atoms with Crippen LogP contribution < -0.4 is 0 Å². The standard InChI is InChI=1S/C21H26N2O3/c1-26-21(25)19-15-10-17-20-14(13-4-2-3-5-16(13)22-20)8-9-23(17)11-12(15)6-7-18(19)24/h2-5,12,15,17-19,22,24H,6-11H2,1H3/t12-,15?,17-,18?,19?/m0/s1. The molecule has 5 heteroatoms. The quantitative estimate of drug-likeness (QED) is 0.773. The molecule has 2 aromatic rings. The van der Waals surface area contributed by atoms with Gasteiger partial charge in [-0.15, -0.1) is 0 Å². The molecule has 1 saturated carbocycles. The molecule has 2 N–H and O–H groups in total. The minimum atomic E-state index is -0.568. The number of para-hydroxylation sites is 1. The lowest BCUT2D eigenvalue weighted by Crippen LogP contribution is -2.53. The average molecular weight is 354 g/mol. The molecule has 1 aromatic carbocycles. The molecule has 0 amide bonds. The van der Waals surface area contributed by atoms with Crippen molar-refractivity contribution in [3.8, 4) is 0 Å². The molecule has 5 nitrogen and oxygen atoms in total. The van der Waals surface area contributed by atoms with E-state index in [9.17, 15) is 9.90 Å². The van der Waals surface area contributed by atoms with E-state index in [2.05, 4.69) is 34.1 Å². The van der Waals surface area contributed by atoms with E-state index < -0.39 is 6.10 Å². The Balaban J connectivity index is 1.52. The van der Waals surface area contributed by atoms with Gasteiger partial charge in [0.15, 0.2) is 0 Å². The summed E-state index contributed by atoms with van der Waals surface area (Å²) < 4.78 is 5.04. The molecular formula is C21H26N2O3. The van der Waals surface area contributed by atoms with Gasteiger partial charge in [0.1, 0.15) is 0 Å². The molecule has 1 aliphatic carbocycles. The third-order valence-electron chi connectivity index (χ3n) is 7.02. The number of carbonyl (C=O) groups excluding carboxylic acids is 1. The minimum Gasteiger partial charge on any atom is -0.469 e. The van der Waals surface area contributed by atoms with Gasteiger partial charge in [-0.05, 0) is 49.1 Å². The number of nitrogens with zero attached hydrogens (tertiary/aromatic N) is 1. The summed E-state index contributed by atoms with van der Waals surface area (Å²) in [5.74, 6) is 0.0541. The zero-order valence-corrected chi connectivity index (χ0v) is 15.1. The van der Waals surface area contributed by atoms with Gasteiger partial charge in [0, 0.05) is 29.7 Å². The first-order valence-electron chi connectivity index (χ1n) is 9.76. The number of aromatic nitrogens is 1. The number of nitrogens with one attached hydrogen (secondary N) is 1. The van der Waals surface area contributed by atoms with Crippen molar-refractivity contribution < 1.29 is 14.6 Å². The predicted octanol–water partition coefficient (Wildman–Crippen LogP) is 2.65. The van der Waals surface area contributed by atoms with E-state index in [1.165, 1.54) is 29.3 Å². The monoisotopic (exact) mass is 354 g/mol. The number of aromatic amines is 1. The van der Waals surface area contributed by atoms with Crippen LogP contribution in [0.3, 0.4) is 0 Å². The van der Waals surface area contributed by atoms with Gasteiger partial charge in [-0.25, -0.2) is 0 Å². The van der Waals surface area contributed by atoms with E-state index in [4.69, 9.17) is 4.74 Å². The number of aliphatic hydroxyl groups is 1. The van der Waals surface area contributed by atoms with Crippen molar-refractivity contribution in [1.82, 2.24) is 9.88 Å². The molecule has 5 rings (SSSR count). The molecule has 5 atom stereocenters. The number of carbonyl (C=O) groups is 1. The van der Waals surface area contributed by atoms with Crippen LogP contribution in [0.25, 0.3) is 10.9 Å². The Kier molecular flexibility index (Phi) is 3.83. The molecule has 2 aliphatic heterocycles. The van der Waals surface area contributed by atoms with Gasteiger partial charge in [-0.1, -0.05) is 18.2 Å². The second kappa shape index (κ2) is 6.10. The van der Waals surface area contributed by atoms with Gasteiger partial charge in [-0.3, -0.25) is 9.69 Å². The fraction of sp³-hybridized carbons (Fsp3) is 0.571. The van der Waals surface area contributed by atoms with Crippen molar-refractivity contribution in [2.75, 3.05) is 20.2 Å². The van der Waals surface area contributed by atoms with Crippen molar-refractivity contribution in [2.45, 2.75) is 37.8 Å². The number of methoxy groups -OCH3 is 1. The number of aliphatic hydroxyl groups excluding tert-OH is 1. The van der Waals surface area contributed by atoms with Crippen LogP contribution in [-0.2, 0) is 16.0 Å². The van der Waals surface area contributed by atoms with Gasteiger partial charge >= 0.3 is 5.97 Å². The third-order valence-corrected chi connectivity index (χ3v) is 7.02. The molecule has 0 radical (unpaired) electrons. The largest absolute Gasteiger partial charge is 0.469 e. The second-order valence-corrected chi connectivity index (χ2v) is 8.18. The highest BCUT2D eigenvalue weighted by Gasteiger charge is 2.49. The van der Waals surface area contributed by atoms with Gasteiger partial charge < -0.3 is 14.8 Å². The smallest absolute Gasteiger partial charge is 0.311 e. The van der Waals surface area contributed by atoms with Crippen LogP contribution in [0.15, 0.2) is 24.3 Å². The summed E-state index contributed by atoms with van der Waals surface area (Å²) in [5.41, 5.74) is 3.96. The predicted molar refractivity (Wildman–Crippen MR) is 98.7 cm³/mol. The van der Waals surface area contributed by atoms with Crippen LogP contribution >= 0.6 is 0 Å². The number of H-pyrrole nitrogens is 1. The maximum absolute atomic E-state index is 12.4. The average Bonchev–Trinajstić information content (AvgIpc) is 3.05. The van der Waals surface area contributed by atoms with Crippen LogP contribution in [0.1, 0.15) is 36.6 Å². The fourth-order valence-corrected chi connectivity index (χ4v) is 5.80. The van der Waals surface area contributed by atoms with Crippen LogP contribution in [0.5, 0.6) is 0 Å². The van der Waals surface area contributed by atoms with Crippen molar-refractivity contribution in [1.29, 1.82) is 0 Å². The fourth-order valence-electron chi connectivity index (χ4n) is 5.80. The van der Waals surface area contributed by atoms with Crippen molar-refractivity contribution in [3.63, 3.8) is 0 Å². The van der Waals surface area contributed by atoms with E-state index in [0.29, 0.717) is 18.4 Å². The Hall–Kier alpha value is -1.85. The first kappa shape index (κ1) is 16.3. The van der Waals surface area contributed by atoms with Crippen molar-refractivity contribution in [3.05, 3.63) is 35.5 Å². The maximum atomic E-state index is 12.4. The molecule has 3 heterocycles.